The number of aliphatic carboxylic acids is 1. The van der Waals surface area contributed by atoms with Gasteiger partial charge in [-0.15, -0.1) is 0 Å². The van der Waals surface area contributed by atoms with Crippen molar-refractivity contribution in [3.8, 4) is 5.75 Å². The molecular weight excluding hydrogens is 313 g/mol. The first kappa shape index (κ1) is 16.7. The number of carbonyl (C=O) groups excluding carboxylic acids is 1. The van der Waals surface area contributed by atoms with Crippen molar-refractivity contribution < 1.29 is 23.8 Å². The average molecular weight is 335 g/mol. The number of rotatable bonds is 4. The van der Waals surface area contributed by atoms with Crippen LogP contribution in [0.15, 0.2) is 24.3 Å². The summed E-state index contributed by atoms with van der Waals surface area (Å²) in [5.41, 5.74) is -2.15. The number of hydrogen-bond donors (Lipinski definition) is 1. The molecule has 0 spiro atoms. The van der Waals surface area contributed by atoms with Gasteiger partial charge in [0.25, 0.3) is 0 Å². The Labute approximate surface area is 140 Å². The molecule has 1 aromatic rings. The Bertz CT molecular complexity index is 656. The van der Waals surface area contributed by atoms with Crippen molar-refractivity contribution in [1.29, 1.82) is 0 Å². The van der Waals surface area contributed by atoms with Gasteiger partial charge in [-0.3, -0.25) is 4.79 Å². The van der Waals surface area contributed by atoms with Gasteiger partial charge in [-0.2, -0.15) is 0 Å². The van der Waals surface area contributed by atoms with Crippen LogP contribution in [0, 0.1) is 0 Å². The van der Waals surface area contributed by atoms with Gasteiger partial charge in [-0.1, -0.05) is 25.0 Å². The number of benzene rings is 1. The monoisotopic (exact) mass is 335 g/mol. The van der Waals surface area contributed by atoms with Crippen LogP contribution in [-0.4, -0.2) is 47.8 Å². The molecule has 24 heavy (non-hydrogen) atoms. The number of ether oxygens (including phenoxy) is 1. The van der Waals surface area contributed by atoms with Crippen molar-refractivity contribution in [2.45, 2.75) is 43.2 Å². The number of halogens is 1. The van der Waals surface area contributed by atoms with Gasteiger partial charge in [0.15, 0.2) is 0 Å². The second-order valence-electron chi connectivity index (χ2n) is 6.77. The molecule has 5 nitrogen and oxygen atoms in total. The minimum atomic E-state index is -2.33. The Balaban J connectivity index is 1.91. The van der Waals surface area contributed by atoms with Crippen LogP contribution in [-0.2, 0) is 15.0 Å². The zero-order valence-corrected chi connectivity index (χ0v) is 13.8. The fourth-order valence-corrected chi connectivity index (χ4v) is 3.95. The lowest BCUT2D eigenvalue weighted by atomic mass is 9.77. The summed E-state index contributed by atoms with van der Waals surface area (Å²) in [7, 11) is 1.58. The highest BCUT2D eigenvalue weighted by Crippen LogP contribution is 2.44. The van der Waals surface area contributed by atoms with E-state index in [1.807, 2.05) is 24.3 Å². The van der Waals surface area contributed by atoms with Gasteiger partial charge >= 0.3 is 5.97 Å². The Hall–Kier alpha value is -2.11. The Morgan fingerprint density at radius 1 is 1.25 bits per heavy atom. The number of carboxylic acids is 1. The third-order valence-corrected chi connectivity index (χ3v) is 5.38. The maximum Gasteiger partial charge on any atom is 0.343 e. The molecule has 2 aliphatic rings. The number of amides is 1. The molecule has 1 atom stereocenters. The lowest BCUT2D eigenvalue weighted by molar-refractivity contribution is -0.150. The van der Waals surface area contributed by atoms with Crippen molar-refractivity contribution >= 4 is 11.9 Å². The predicted molar refractivity (Wildman–Crippen MR) is 85.8 cm³/mol. The van der Waals surface area contributed by atoms with E-state index in [-0.39, 0.29) is 25.4 Å². The van der Waals surface area contributed by atoms with Gasteiger partial charge in [-0.25, -0.2) is 9.18 Å². The van der Waals surface area contributed by atoms with Crippen molar-refractivity contribution in [1.82, 2.24) is 4.90 Å². The molecule has 1 heterocycles. The van der Waals surface area contributed by atoms with E-state index in [2.05, 4.69) is 0 Å². The number of hydrogen-bond acceptors (Lipinski definition) is 3. The van der Waals surface area contributed by atoms with Crippen LogP contribution in [0.5, 0.6) is 5.75 Å². The quantitative estimate of drug-likeness (QED) is 0.918. The van der Waals surface area contributed by atoms with Crippen molar-refractivity contribution in [3.63, 3.8) is 0 Å². The highest BCUT2D eigenvalue weighted by molar-refractivity contribution is 5.90. The lowest BCUT2D eigenvalue weighted by Gasteiger charge is -2.33. The normalized spacial score (nSPS) is 25.7. The molecule has 3 rings (SSSR count). The molecule has 6 heteroatoms. The van der Waals surface area contributed by atoms with E-state index in [1.165, 1.54) is 4.90 Å². The van der Waals surface area contributed by atoms with Gasteiger partial charge < -0.3 is 14.7 Å². The van der Waals surface area contributed by atoms with Crippen LogP contribution < -0.4 is 4.74 Å². The summed E-state index contributed by atoms with van der Waals surface area (Å²) in [6, 6.07) is 7.44. The molecule has 0 aromatic heterocycles. The number of likely N-dealkylation sites (tertiary alicyclic amines) is 1. The van der Waals surface area contributed by atoms with Crippen molar-refractivity contribution in [3.05, 3.63) is 29.8 Å². The third-order valence-electron chi connectivity index (χ3n) is 5.38. The Morgan fingerprint density at radius 2 is 1.96 bits per heavy atom. The predicted octanol–water partition coefficient (Wildman–Crippen LogP) is 2.53. The van der Waals surface area contributed by atoms with Crippen LogP contribution >= 0.6 is 0 Å². The first-order valence-corrected chi connectivity index (χ1v) is 8.27. The molecular formula is C18H22FNO4. The molecule has 0 radical (unpaired) electrons. The molecule has 1 aromatic carbocycles. The fraction of sp³-hybridized carbons (Fsp3) is 0.556. The van der Waals surface area contributed by atoms with Gasteiger partial charge in [0.2, 0.25) is 11.6 Å². The molecule has 0 bridgehead atoms. The zero-order chi connectivity index (χ0) is 17.4. The van der Waals surface area contributed by atoms with E-state index in [1.54, 1.807) is 7.11 Å². The van der Waals surface area contributed by atoms with E-state index < -0.39 is 17.1 Å². The summed E-state index contributed by atoms with van der Waals surface area (Å²) in [5.74, 6) is -0.966. The van der Waals surface area contributed by atoms with E-state index >= 15 is 0 Å². The van der Waals surface area contributed by atoms with E-state index in [0.717, 1.165) is 18.4 Å². The van der Waals surface area contributed by atoms with Crippen LogP contribution in [0.1, 0.15) is 37.7 Å². The maximum absolute atomic E-state index is 14.4. The second kappa shape index (κ2) is 6.07. The number of carbonyl (C=O) groups is 2. The third kappa shape index (κ3) is 2.64. The maximum atomic E-state index is 14.4. The second-order valence-corrected chi connectivity index (χ2v) is 6.77. The number of alkyl halides is 1. The van der Waals surface area contributed by atoms with Crippen LogP contribution in [0.4, 0.5) is 4.39 Å². The highest BCUT2D eigenvalue weighted by Gasteiger charge is 2.52. The van der Waals surface area contributed by atoms with Gasteiger partial charge in [0.05, 0.1) is 19.1 Å². The van der Waals surface area contributed by atoms with Crippen LogP contribution in [0.3, 0.4) is 0 Å². The molecule has 1 amide bonds. The number of methoxy groups -OCH3 is 1. The number of carboxylic acid groups (broad SMARTS) is 1. The van der Waals surface area contributed by atoms with Crippen LogP contribution in [0.2, 0.25) is 0 Å². The Morgan fingerprint density at radius 3 is 2.54 bits per heavy atom. The summed E-state index contributed by atoms with van der Waals surface area (Å²) < 4.78 is 19.6. The number of nitrogens with zero attached hydrogens (tertiary/aromatic N) is 1. The molecule has 1 N–H and O–H groups in total. The largest absolute Gasteiger partial charge is 0.497 e. The first-order chi connectivity index (χ1) is 11.4. The Kier molecular flexibility index (Phi) is 4.24. The molecule has 130 valence electrons. The molecule has 1 saturated heterocycles. The van der Waals surface area contributed by atoms with Gasteiger partial charge in [-0.05, 0) is 30.5 Å². The van der Waals surface area contributed by atoms with E-state index in [4.69, 9.17) is 9.84 Å². The standard InChI is InChI=1S/C18H22FNO4/c1-24-14-6-4-5-13(11-14)17(7-2-3-8-17)15(21)20-10-9-18(19,12-20)16(22)23/h4-6,11H,2-3,7-10,12H2,1H3,(H,22,23). The molecule has 1 saturated carbocycles. The molecule has 1 unspecified atom stereocenters. The smallest absolute Gasteiger partial charge is 0.343 e. The van der Waals surface area contributed by atoms with Gasteiger partial charge in [0.1, 0.15) is 5.75 Å². The zero-order valence-electron chi connectivity index (χ0n) is 13.8. The van der Waals surface area contributed by atoms with E-state index in [0.29, 0.717) is 18.6 Å². The van der Waals surface area contributed by atoms with Crippen molar-refractivity contribution in [2.24, 2.45) is 0 Å². The fourth-order valence-electron chi connectivity index (χ4n) is 3.95. The lowest BCUT2D eigenvalue weighted by Crippen LogP contribution is -2.46. The minimum Gasteiger partial charge on any atom is -0.497 e. The minimum absolute atomic E-state index is 0.146. The van der Waals surface area contributed by atoms with Crippen molar-refractivity contribution in [2.75, 3.05) is 20.2 Å². The topological polar surface area (TPSA) is 66.8 Å². The SMILES string of the molecule is COc1cccc(C2(C(=O)N3CCC(F)(C(=O)O)C3)CCCC2)c1. The summed E-state index contributed by atoms with van der Waals surface area (Å²) in [6.45, 7) is -0.222. The summed E-state index contributed by atoms with van der Waals surface area (Å²) in [5, 5.41) is 9.06. The highest BCUT2D eigenvalue weighted by atomic mass is 19.1. The van der Waals surface area contributed by atoms with Gasteiger partial charge in [0, 0.05) is 13.0 Å². The molecule has 2 fully saturated rings. The average Bonchev–Trinajstić information content (AvgIpc) is 3.23. The van der Waals surface area contributed by atoms with Crippen LogP contribution in [0.25, 0.3) is 0 Å². The molecule has 1 aliphatic carbocycles. The molecule has 1 aliphatic heterocycles. The summed E-state index contributed by atoms with van der Waals surface area (Å²) >= 11 is 0. The van der Waals surface area contributed by atoms with E-state index in [9.17, 15) is 14.0 Å². The summed E-state index contributed by atoms with van der Waals surface area (Å²) in [4.78, 5) is 25.7. The first-order valence-electron chi connectivity index (χ1n) is 8.27. The summed E-state index contributed by atoms with van der Waals surface area (Å²) in [6.07, 6.45) is 3.10.